The van der Waals surface area contributed by atoms with E-state index in [0.717, 1.165) is 12.4 Å². The number of aromatic nitrogens is 2. The van der Waals surface area contributed by atoms with Crippen molar-refractivity contribution in [3.8, 4) is 0 Å². The molecule has 1 atom stereocenters. The van der Waals surface area contributed by atoms with Crippen LogP contribution in [0.2, 0.25) is 0 Å². The highest BCUT2D eigenvalue weighted by Gasteiger charge is 2.17. The molecule has 0 bridgehead atoms. The molecule has 0 amide bonds. The largest absolute Gasteiger partial charge is 0.337 e. The number of nitrogens with zero attached hydrogens (tertiary/aromatic N) is 3. The van der Waals surface area contributed by atoms with E-state index in [9.17, 15) is 0 Å². The zero-order chi connectivity index (χ0) is 12.3. The Morgan fingerprint density at radius 1 is 1.59 bits per heavy atom. The van der Waals surface area contributed by atoms with E-state index in [1.54, 1.807) is 11.3 Å². The minimum atomic E-state index is 0.270. The maximum absolute atomic E-state index is 5.87. The summed E-state index contributed by atoms with van der Waals surface area (Å²) < 4.78 is 2.04. The molecule has 0 aromatic carbocycles. The Balaban J connectivity index is 2.08. The number of thiophene rings is 1. The molecule has 0 aliphatic rings. The third-order valence-electron chi connectivity index (χ3n) is 2.94. The Morgan fingerprint density at radius 3 is 2.94 bits per heavy atom. The van der Waals surface area contributed by atoms with Crippen LogP contribution in [-0.2, 0) is 13.6 Å². The van der Waals surface area contributed by atoms with Crippen LogP contribution in [0.25, 0.3) is 0 Å². The Morgan fingerprint density at radius 2 is 2.41 bits per heavy atom. The van der Waals surface area contributed by atoms with Gasteiger partial charge in [0.05, 0.1) is 12.6 Å². The normalized spacial score (nSPS) is 13.2. The minimum absolute atomic E-state index is 0.270. The third kappa shape index (κ3) is 2.74. The molecule has 0 fully saturated rings. The quantitative estimate of drug-likeness (QED) is 0.877. The molecule has 17 heavy (non-hydrogen) atoms. The van der Waals surface area contributed by atoms with Crippen molar-refractivity contribution in [3.05, 3.63) is 40.6 Å². The molecule has 5 heteroatoms. The van der Waals surface area contributed by atoms with Gasteiger partial charge in [-0.15, -0.1) is 11.3 Å². The predicted molar refractivity (Wildman–Crippen MR) is 70.8 cm³/mol. The summed E-state index contributed by atoms with van der Waals surface area (Å²) in [5, 5.41) is 2.09. The molecule has 0 saturated carbocycles. The molecule has 92 valence electrons. The highest BCUT2D eigenvalue weighted by molar-refractivity contribution is 7.10. The van der Waals surface area contributed by atoms with E-state index < -0.39 is 0 Å². The number of hydrogen-bond acceptors (Lipinski definition) is 4. The average molecular weight is 250 g/mol. The lowest BCUT2D eigenvalue weighted by Gasteiger charge is -2.25. The van der Waals surface area contributed by atoms with Gasteiger partial charge in [0.1, 0.15) is 5.82 Å². The fourth-order valence-electron chi connectivity index (χ4n) is 1.88. The summed E-state index contributed by atoms with van der Waals surface area (Å²) in [5.74, 6) is 1.06. The fraction of sp³-hybridized carbons (Fsp3) is 0.417. The number of rotatable bonds is 5. The molecular weight excluding hydrogens is 232 g/mol. The molecule has 2 aromatic heterocycles. The minimum Gasteiger partial charge on any atom is -0.337 e. The van der Waals surface area contributed by atoms with E-state index in [1.165, 1.54) is 4.88 Å². The molecule has 1 unspecified atom stereocenters. The SMILES string of the molecule is CN(Cc1nccn1C)C(CN)c1cccs1. The molecule has 0 saturated heterocycles. The van der Waals surface area contributed by atoms with Gasteiger partial charge in [0.25, 0.3) is 0 Å². The second kappa shape index (κ2) is 5.44. The average Bonchev–Trinajstić information content (AvgIpc) is 2.93. The third-order valence-corrected chi connectivity index (χ3v) is 3.91. The number of aryl methyl sites for hydroxylation is 1. The number of nitrogens with two attached hydrogens (primary N) is 1. The lowest BCUT2D eigenvalue weighted by molar-refractivity contribution is 0.237. The standard InChI is InChI=1S/C12H18N4S/c1-15-6-5-14-12(15)9-16(2)10(8-13)11-4-3-7-17-11/h3-7,10H,8-9,13H2,1-2H3. The van der Waals surface area contributed by atoms with Crippen LogP contribution in [-0.4, -0.2) is 28.0 Å². The topological polar surface area (TPSA) is 47.1 Å². The van der Waals surface area contributed by atoms with Gasteiger partial charge in [-0.2, -0.15) is 0 Å². The van der Waals surface area contributed by atoms with Crippen LogP contribution in [0.1, 0.15) is 16.7 Å². The molecule has 2 heterocycles. The smallest absolute Gasteiger partial charge is 0.122 e. The first-order valence-electron chi connectivity index (χ1n) is 5.62. The Hall–Kier alpha value is -1.17. The maximum Gasteiger partial charge on any atom is 0.122 e. The van der Waals surface area contributed by atoms with Crippen molar-refractivity contribution in [2.45, 2.75) is 12.6 Å². The second-order valence-electron chi connectivity index (χ2n) is 4.14. The molecular formula is C12H18N4S. The summed E-state index contributed by atoms with van der Waals surface area (Å²) in [5.41, 5.74) is 5.87. The van der Waals surface area contributed by atoms with Crippen LogP contribution in [0.4, 0.5) is 0 Å². The Kier molecular flexibility index (Phi) is 3.93. The van der Waals surface area contributed by atoms with Crippen LogP contribution in [0, 0.1) is 0 Å². The van der Waals surface area contributed by atoms with Crippen molar-refractivity contribution in [3.63, 3.8) is 0 Å². The lowest BCUT2D eigenvalue weighted by atomic mass is 10.2. The Labute approximate surface area is 106 Å². The van der Waals surface area contributed by atoms with Gasteiger partial charge >= 0.3 is 0 Å². The van der Waals surface area contributed by atoms with E-state index in [-0.39, 0.29) is 6.04 Å². The van der Waals surface area contributed by atoms with Gasteiger partial charge in [0.2, 0.25) is 0 Å². The summed E-state index contributed by atoms with van der Waals surface area (Å²) in [4.78, 5) is 7.89. The maximum atomic E-state index is 5.87. The molecule has 2 aromatic rings. The molecule has 2 rings (SSSR count). The molecule has 2 N–H and O–H groups in total. The first kappa shape index (κ1) is 12.3. The fourth-order valence-corrected chi connectivity index (χ4v) is 2.78. The van der Waals surface area contributed by atoms with Crippen molar-refractivity contribution in [1.82, 2.24) is 14.5 Å². The van der Waals surface area contributed by atoms with Crippen LogP contribution in [0.5, 0.6) is 0 Å². The van der Waals surface area contributed by atoms with Gasteiger partial charge in [-0.3, -0.25) is 4.90 Å². The van der Waals surface area contributed by atoms with E-state index in [1.807, 2.05) is 24.0 Å². The number of likely N-dealkylation sites (N-methyl/N-ethyl adjacent to an activating group) is 1. The first-order valence-corrected chi connectivity index (χ1v) is 6.50. The molecule has 0 aliphatic carbocycles. The van der Waals surface area contributed by atoms with Gasteiger partial charge in [-0.1, -0.05) is 6.07 Å². The van der Waals surface area contributed by atoms with E-state index in [0.29, 0.717) is 6.54 Å². The zero-order valence-electron chi connectivity index (χ0n) is 10.2. The first-order chi connectivity index (χ1) is 8.22. The molecule has 0 spiro atoms. The van der Waals surface area contributed by atoms with Gasteiger partial charge in [0.15, 0.2) is 0 Å². The lowest BCUT2D eigenvalue weighted by Crippen LogP contribution is -2.30. The van der Waals surface area contributed by atoms with Gasteiger partial charge in [0, 0.05) is 30.9 Å². The molecule has 0 aliphatic heterocycles. The van der Waals surface area contributed by atoms with Gasteiger partial charge in [-0.25, -0.2) is 4.98 Å². The van der Waals surface area contributed by atoms with Crippen molar-refractivity contribution in [2.24, 2.45) is 12.8 Å². The summed E-state index contributed by atoms with van der Waals surface area (Å²) in [6, 6.07) is 4.47. The summed E-state index contributed by atoms with van der Waals surface area (Å²) >= 11 is 1.75. The van der Waals surface area contributed by atoms with Gasteiger partial charge < -0.3 is 10.3 Å². The van der Waals surface area contributed by atoms with Crippen molar-refractivity contribution in [1.29, 1.82) is 0 Å². The van der Waals surface area contributed by atoms with E-state index >= 15 is 0 Å². The van der Waals surface area contributed by atoms with E-state index in [4.69, 9.17) is 5.73 Å². The van der Waals surface area contributed by atoms with Crippen LogP contribution in [0.15, 0.2) is 29.9 Å². The number of hydrogen-bond donors (Lipinski definition) is 1. The summed E-state index contributed by atoms with van der Waals surface area (Å²) in [6.45, 7) is 1.44. The monoisotopic (exact) mass is 250 g/mol. The predicted octanol–water partition coefficient (Wildman–Crippen LogP) is 1.61. The molecule has 4 nitrogen and oxygen atoms in total. The Bertz CT molecular complexity index is 449. The van der Waals surface area contributed by atoms with Crippen molar-refractivity contribution >= 4 is 11.3 Å². The highest BCUT2D eigenvalue weighted by atomic mass is 32.1. The van der Waals surface area contributed by atoms with Gasteiger partial charge in [-0.05, 0) is 18.5 Å². The van der Waals surface area contributed by atoms with Crippen LogP contribution < -0.4 is 5.73 Å². The summed E-state index contributed by atoms with van der Waals surface area (Å²) in [6.07, 6.45) is 3.79. The van der Waals surface area contributed by atoms with E-state index in [2.05, 4.69) is 34.4 Å². The zero-order valence-corrected chi connectivity index (χ0v) is 11.0. The molecule has 0 radical (unpaired) electrons. The van der Waals surface area contributed by atoms with Crippen LogP contribution >= 0.6 is 11.3 Å². The van der Waals surface area contributed by atoms with Crippen LogP contribution in [0.3, 0.4) is 0 Å². The number of imidazole rings is 1. The van der Waals surface area contributed by atoms with Crippen molar-refractivity contribution in [2.75, 3.05) is 13.6 Å². The van der Waals surface area contributed by atoms with Crippen molar-refractivity contribution < 1.29 is 0 Å². The highest BCUT2D eigenvalue weighted by Crippen LogP contribution is 2.23. The summed E-state index contributed by atoms with van der Waals surface area (Å²) in [7, 11) is 4.10. The second-order valence-corrected chi connectivity index (χ2v) is 5.12.